The summed E-state index contributed by atoms with van der Waals surface area (Å²) in [6.45, 7) is 2.09. The minimum atomic E-state index is -0.868. The Labute approximate surface area is 94.9 Å². The molecule has 0 saturated carbocycles. The largest absolute Gasteiger partial charge is 0.478 e. The number of alkyl halides is 1. The van der Waals surface area contributed by atoms with Crippen molar-refractivity contribution < 1.29 is 9.90 Å². The molecule has 0 atom stereocenters. The highest BCUT2D eigenvalue weighted by molar-refractivity contribution is 6.17. The quantitative estimate of drug-likeness (QED) is 0.781. The summed E-state index contributed by atoms with van der Waals surface area (Å²) in [5, 5.41) is 9.04. The summed E-state index contributed by atoms with van der Waals surface area (Å²) >= 11 is 5.79. The first-order valence-electron chi connectivity index (χ1n) is 5.10. The van der Waals surface area contributed by atoms with Gasteiger partial charge in [-0.05, 0) is 30.0 Å². The number of carbonyl (C=O) groups is 1. The number of hydrogen-bond donors (Lipinski definition) is 1. The molecule has 1 N–H and O–H groups in total. The van der Waals surface area contributed by atoms with E-state index < -0.39 is 5.97 Å². The third-order valence-electron chi connectivity index (χ3n) is 2.43. The van der Waals surface area contributed by atoms with Gasteiger partial charge in [0.1, 0.15) is 0 Å². The number of halogens is 1. The SMILES string of the molecule is CCCCc1c(CCl)cccc1C(=O)O. The van der Waals surface area contributed by atoms with E-state index in [-0.39, 0.29) is 0 Å². The molecule has 0 aliphatic heterocycles. The molecule has 0 aromatic heterocycles. The molecule has 1 rings (SSSR count). The Bertz CT molecular complexity index is 347. The van der Waals surface area contributed by atoms with Crippen LogP contribution in [0, 0.1) is 0 Å². The maximum Gasteiger partial charge on any atom is 0.335 e. The van der Waals surface area contributed by atoms with Crippen LogP contribution in [-0.2, 0) is 12.3 Å². The van der Waals surface area contributed by atoms with Gasteiger partial charge in [-0.3, -0.25) is 0 Å². The maximum absolute atomic E-state index is 11.0. The van der Waals surface area contributed by atoms with Crippen LogP contribution in [0.15, 0.2) is 18.2 Å². The zero-order chi connectivity index (χ0) is 11.3. The van der Waals surface area contributed by atoms with Gasteiger partial charge in [0.2, 0.25) is 0 Å². The van der Waals surface area contributed by atoms with E-state index >= 15 is 0 Å². The van der Waals surface area contributed by atoms with Gasteiger partial charge < -0.3 is 5.11 Å². The van der Waals surface area contributed by atoms with Crippen molar-refractivity contribution >= 4 is 17.6 Å². The molecule has 2 nitrogen and oxygen atoms in total. The molecule has 0 saturated heterocycles. The average Bonchev–Trinajstić information content (AvgIpc) is 2.25. The molecule has 82 valence electrons. The number of carboxylic acid groups (broad SMARTS) is 1. The van der Waals surface area contributed by atoms with Gasteiger partial charge in [-0.15, -0.1) is 11.6 Å². The summed E-state index contributed by atoms with van der Waals surface area (Å²) < 4.78 is 0. The van der Waals surface area contributed by atoms with Crippen LogP contribution in [0.5, 0.6) is 0 Å². The lowest BCUT2D eigenvalue weighted by molar-refractivity contribution is 0.0695. The van der Waals surface area contributed by atoms with E-state index in [1.54, 1.807) is 12.1 Å². The van der Waals surface area contributed by atoms with Crippen molar-refractivity contribution in [2.24, 2.45) is 0 Å². The van der Waals surface area contributed by atoms with Crippen LogP contribution < -0.4 is 0 Å². The molecule has 0 aliphatic carbocycles. The van der Waals surface area contributed by atoms with Crippen LogP contribution in [-0.4, -0.2) is 11.1 Å². The van der Waals surface area contributed by atoms with Crippen molar-refractivity contribution in [2.45, 2.75) is 32.1 Å². The normalized spacial score (nSPS) is 10.3. The topological polar surface area (TPSA) is 37.3 Å². The van der Waals surface area contributed by atoms with Crippen LogP contribution in [0.3, 0.4) is 0 Å². The number of aromatic carboxylic acids is 1. The van der Waals surface area contributed by atoms with E-state index in [1.165, 1.54) is 0 Å². The predicted octanol–water partition coefficient (Wildman–Crippen LogP) is 3.47. The molecule has 0 radical (unpaired) electrons. The van der Waals surface area contributed by atoms with Crippen LogP contribution >= 0.6 is 11.6 Å². The minimum Gasteiger partial charge on any atom is -0.478 e. The summed E-state index contributed by atoms with van der Waals surface area (Å²) in [5.41, 5.74) is 2.22. The Kier molecular flexibility index (Phi) is 4.63. The standard InChI is InChI=1S/C12H15ClO2/c1-2-3-6-10-9(8-13)5-4-7-11(10)12(14)15/h4-5,7H,2-3,6,8H2,1H3,(H,14,15). The summed E-state index contributed by atoms with van der Waals surface area (Å²) in [7, 11) is 0. The van der Waals surface area contributed by atoms with Gasteiger partial charge >= 0.3 is 5.97 Å². The number of hydrogen-bond acceptors (Lipinski definition) is 1. The fourth-order valence-electron chi connectivity index (χ4n) is 1.61. The maximum atomic E-state index is 11.0. The first-order valence-corrected chi connectivity index (χ1v) is 5.64. The second-order valence-electron chi connectivity index (χ2n) is 3.49. The summed E-state index contributed by atoms with van der Waals surface area (Å²) in [6, 6.07) is 5.28. The molecule has 0 fully saturated rings. The molecule has 1 aromatic rings. The van der Waals surface area contributed by atoms with E-state index in [9.17, 15) is 4.79 Å². The fraction of sp³-hybridized carbons (Fsp3) is 0.417. The number of benzene rings is 1. The van der Waals surface area contributed by atoms with E-state index in [0.717, 1.165) is 30.4 Å². The monoisotopic (exact) mass is 226 g/mol. The second kappa shape index (κ2) is 5.76. The predicted molar refractivity (Wildman–Crippen MR) is 61.6 cm³/mol. The van der Waals surface area contributed by atoms with Crippen LogP contribution in [0.1, 0.15) is 41.3 Å². The van der Waals surface area contributed by atoms with Crippen molar-refractivity contribution in [1.82, 2.24) is 0 Å². The van der Waals surface area contributed by atoms with Crippen LogP contribution in [0.4, 0.5) is 0 Å². The van der Waals surface area contributed by atoms with Crippen molar-refractivity contribution in [1.29, 1.82) is 0 Å². The van der Waals surface area contributed by atoms with Gasteiger partial charge in [-0.2, -0.15) is 0 Å². The highest BCUT2D eigenvalue weighted by Gasteiger charge is 2.12. The Morgan fingerprint density at radius 1 is 1.47 bits per heavy atom. The van der Waals surface area contributed by atoms with E-state index in [1.807, 2.05) is 6.07 Å². The molecular formula is C12H15ClO2. The van der Waals surface area contributed by atoms with Crippen LogP contribution in [0.2, 0.25) is 0 Å². The molecule has 0 amide bonds. The van der Waals surface area contributed by atoms with Gasteiger partial charge in [0.15, 0.2) is 0 Å². The molecule has 1 aromatic carbocycles. The lowest BCUT2D eigenvalue weighted by atomic mass is 9.97. The number of carboxylic acids is 1. The summed E-state index contributed by atoms with van der Waals surface area (Å²) in [5.74, 6) is -0.492. The van der Waals surface area contributed by atoms with Crippen molar-refractivity contribution in [3.8, 4) is 0 Å². The Hall–Kier alpha value is -1.02. The summed E-state index contributed by atoms with van der Waals surface area (Å²) in [4.78, 5) is 11.0. The zero-order valence-corrected chi connectivity index (χ0v) is 9.55. The Morgan fingerprint density at radius 3 is 2.73 bits per heavy atom. The average molecular weight is 227 g/mol. The lowest BCUT2D eigenvalue weighted by Crippen LogP contribution is -2.05. The van der Waals surface area contributed by atoms with Crippen LogP contribution in [0.25, 0.3) is 0 Å². The van der Waals surface area contributed by atoms with Gasteiger partial charge in [-0.1, -0.05) is 25.5 Å². The number of unbranched alkanes of at least 4 members (excludes halogenated alkanes) is 1. The highest BCUT2D eigenvalue weighted by Crippen LogP contribution is 2.19. The summed E-state index contributed by atoms with van der Waals surface area (Å²) in [6.07, 6.45) is 2.84. The molecule has 0 heterocycles. The number of rotatable bonds is 5. The first-order chi connectivity index (χ1) is 7.20. The van der Waals surface area contributed by atoms with Gasteiger partial charge in [-0.25, -0.2) is 4.79 Å². The van der Waals surface area contributed by atoms with Gasteiger partial charge in [0.05, 0.1) is 5.56 Å². The third-order valence-corrected chi connectivity index (χ3v) is 2.72. The van der Waals surface area contributed by atoms with Crippen molar-refractivity contribution in [3.63, 3.8) is 0 Å². The second-order valence-corrected chi connectivity index (χ2v) is 3.75. The lowest BCUT2D eigenvalue weighted by Gasteiger charge is -2.09. The molecule has 15 heavy (non-hydrogen) atoms. The molecule has 0 spiro atoms. The van der Waals surface area contributed by atoms with E-state index in [2.05, 4.69) is 6.92 Å². The first kappa shape index (κ1) is 12.1. The molecule has 0 aliphatic rings. The van der Waals surface area contributed by atoms with E-state index in [0.29, 0.717) is 11.4 Å². The van der Waals surface area contributed by atoms with Crippen molar-refractivity contribution in [2.75, 3.05) is 0 Å². The van der Waals surface area contributed by atoms with Crippen molar-refractivity contribution in [3.05, 3.63) is 34.9 Å². The van der Waals surface area contributed by atoms with E-state index in [4.69, 9.17) is 16.7 Å². The smallest absolute Gasteiger partial charge is 0.335 e. The Balaban J connectivity index is 3.08. The third kappa shape index (κ3) is 2.96. The van der Waals surface area contributed by atoms with Gasteiger partial charge in [0, 0.05) is 5.88 Å². The molecular weight excluding hydrogens is 212 g/mol. The fourth-order valence-corrected chi connectivity index (χ4v) is 1.86. The highest BCUT2D eigenvalue weighted by atomic mass is 35.5. The molecule has 0 bridgehead atoms. The van der Waals surface area contributed by atoms with Gasteiger partial charge in [0.25, 0.3) is 0 Å². The molecule has 0 unspecified atom stereocenters. The zero-order valence-electron chi connectivity index (χ0n) is 8.79. The molecule has 3 heteroatoms. The minimum absolute atomic E-state index is 0.375. The Morgan fingerprint density at radius 2 is 2.20 bits per heavy atom.